The molecule has 0 spiro atoms. The van der Waals surface area contributed by atoms with Crippen molar-refractivity contribution in [3.8, 4) is 17.1 Å². The summed E-state index contributed by atoms with van der Waals surface area (Å²) in [4.78, 5) is 4.11. The van der Waals surface area contributed by atoms with Crippen LogP contribution >= 0.6 is 0 Å². The largest absolute Gasteiger partial charge is 0.858 e. The summed E-state index contributed by atoms with van der Waals surface area (Å²) in [6, 6.07) is 14.0. The summed E-state index contributed by atoms with van der Waals surface area (Å²) in [6.07, 6.45) is 0. The Hall–Kier alpha value is -3.22. The maximum atomic E-state index is 12.2. The molecule has 7 nitrogen and oxygen atoms in total. The lowest BCUT2D eigenvalue weighted by atomic mass is 10.2. The molecule has 3 rings (SSSR count). The fourth-order valence-corrected chi connectivity index (χ4v) is 2.04. The highest BCUT2D eigenvalue weighted by Gasteiger charge is 2.03. The van der Waals surface area contributed by atoms with Crippen molar-refractivity contribution >= 4 is 11.6 Å². The van der Waals surface area contributed by atoms with Crippen LogP contribution in [-0.4, -0.2) is 33.1 Å². The van der Waals surface area contributed by atoms with Crippen LogP contribution in [0.4, 0.5) is 5.69 Å². The minimum Gasteiger partial charge on any atom is -0.858 e. The van der Waals surface area contributed by atoms with Gasteiger partial charge in [0, 0.05) is 5.56 Å². The summed E-state index contributed by atoms with van der Waals surface area (Å²) in [7, 11) is 0. The van der Waals surface area contributed by atoms with E-state index in [1.165, 1.54) is 0 Å². The van der Waals surface area contributed by atoms with Gasteiger partial charge in [0.15, 0.2) is 0 Å². The molecule has 0 unspecified atom stereocenters. The lowest BCUT2D eigenvalue weighted by molar-refractivity contribution is -0.212. The molecular weight excluding hydrogens is 294 g/mol. The highest BCUT2D eigenvalue weighted by Crippen LogP contribution is 2.21. The monoisotopic (exact) mass is 308 g/mol. The van der Waals surface area contributed by atoms with E-state index in [1.54, 1.807) is 42.5 Å². The summed E-state index contributed by atoms with van der Waals surface area (Å²) in [6.45, 7) is 2.49. The average Bonchev–Trinajstić information content (AvgIpc) is 3.11. The molecule has 3 aromatic rings. The third-order valence-electron chi connectivity index (χ3n) is 3.09. The first-order chi connectivity index (χ1) is 11.3. The zero-order valence-electron chi connectivity index (χ0n) is 12.4. The molecule has 0 aliphatic carbocycles. The first-order valence-electron chi connectivity index (χ1n) is 7.09. The van der Waals surface area contributed by atoms with Gasteiger partial charge in [-0.2, -0.15) is 5.21 Å². The van der Waals surface area contributed by atoms with Crippen LogP contribution < -0.4 is 9.84 Å². The number of aromatic amines is 1. The molecule has 0 saturated carbocycles. The van der Waals surface area contributed by atoms with E-state index in [0.717, 1.165) is 11.3 Å². The van der Waals surface area contributed by atoms with E-state index in [2.05, 4.69) is 25.6 Å². The van der Waals surface area contributed by atoms with Crippen molar-refractivity contribution in [1.29, 1.82) is 0 Å². The third kappa shape index (κ3) is 3.52. The van der Waals surface area contributed by atoms with Crippen molar-refractivity contribution in [2.24, 2.45) is 4.99 Å². The second-order valence-electron chi connectivity index (χ2n) is 4.66. The number of nitrogens with zero attached hydrogens (tertiary/aromatic N) is 4. The number of H-pyrrole nitrogens is 1. The van der Waals surface area contributed by atoms with Gasteiger partial charge in [0.2, 0.25) is 5.82 Å². The lowest BCUT2D eigenvalue weighted by Crippen LogP contribution is -2.18. The molecule has 0 fully saturated rings. The molecule has 0 radical (unpaired) electrons. The number of nitrogens with one attached hydrogen (secondary N) is 1. The van der Waals surface area contributed by atoms with Crippen LogP contribution in [-0.2, 0) is 0 Å². The standard InChI is InChI=1S/C16H15N5O2/c1-2-23-14-8-6-11(7-9-14)16(22)17-13-5-3-4-12(10-13)15-18-20-21-19-15/h3-10H,2H2,1H3,(H,17,22)(H,18,19,20,21)/p-1. The number of ether oxygens (including phenoxy) is 1. The van der Waals surface area contributed by atoms with Crippen LogP contribution in [0.25, 0.3) is 11.4 Å². The molecule has 1 heterocycles. The second-order valence-corrected chi connectivity index (χ2v) is 4.66. The highest BCUT2D eigenvalue weighted by atomic mass is 16.5. The maximum absolute atomic E-state index is 12.2. The first kappa shape index (κ1) is 14.7. The van der Waals surface area contributed by atoms with Gasteiger partial charge in [-0.3, -0.25) is 4.99 Å². The predicted molar refractivity (Wildman–Crippen MR) is 83.4 cm³/mol. The molecule has 1 aromatic heterocycles. The number of aliphatic imine (C=N–C) groups is 1. The smallest absolute Gasteiger partial charge is 0.204 e. The maximum Gasteiger partial charge on any atom is 0.204 e. The Kier molecular flexibility index (Phi) is 4.28. The molecule has 0 aliphatic heterocycles. The number of rotatable bonds is 5. The summed E-state index contributed by atoms with van der Waals surface area (Å²) in [5.74, 6) is 0.858. The summed E-state index contributed by atoms with van der Waals surface area (Å²) >= 11 is 0. The summed E-state index contributed by atoms with van der Waals surface area (Å²) in [5.41, 5.74) is 1.77. The van der Waals surface area contributed by atoms with E-state index < -0.39 is 0 Å². The van der Waals surface area contributed by atoms with Gasteiger partial charge in [-0.05, 0) is 47.9 Å². The van der Waals surface area contributed by atoms with E-state index in [4.69, 9.17) is 4.74 Å². The fourth-order valence-electron chi connectivity index (χ4n) is 2.04. The van der Waals surface area contributed by atoms with E-state index >= 15 is 0 Å². The topological polar surface area (TPSA) is 99.1 Å². The van der Waals surface area contributed by atoms with E-state index in [1.807, 2.05) is 13.0 Å². The van der Waals surface area contributed by atoms with E-state index in [9.17, 15) is 5.11 Å². The van der Waals surface area contributed by atoms with E-state index in [-0.39, 0.29) is 5.90 Å². The summed E-state index contributed by atoms with van der Waals surface area (Å²) < 4.78 is 5.35. The average molecular weight is 308 g/mol. The summed E-state index contributed by atoms with van der Waals surface area (Å²) in [5, 5.41) is 25.9. The van der Waals surface area contributed by atoms with Gasteiger partial charge in [0.05, 0.1) is 12.3 Å². The van der Waals surface area contributed by atoms with Crippen molar-refractivity contribution < 1.29 is 9.84 Å². The Labute approximate surface area is 132 Å². The van der Waals surface area contributed by atoms with Gasteiger partial charge in [-0.15, -0.1) is 10.2 Å². The third-order valence-corrected chi connectivity index (χ3v) is 3.09. The molecule has 0 saturated heterocycles. The Bertz CT molecular complexity index is 798. The fraction of sp³-hybridized carbons (Fsp3) is 0.125. The van der Waals surface area contributed by atoms with Crippen molar-refractivity contribution in [3.63, 3.8) is 0 Å². The van der Waals surface area contributed by atoms with Crippen molar-refractivity contribution in [2.45, 2.75) is 6.92 Å². The number of tetrazole rings is 1. The Morgan fingerprint density at radius 1 is 1.22 bits per heavy atom. The molecule has 1 N–H and O–H groups in total. The molecule has 0 atom stereocenters. The molecule has 0 amide bonds. The number of benzene rings is 2. The zero-order valence-corrected chi connectivity index (χ0v) is 12.4. The first-order valence-corrected chi connectivity index (χ1v) is 7.09. The quantitative estimate of drug-likeness (QED) is 0.571. The van der Waals surface area contributed by atoms with Crippen LogP contribution in [0.3, 0.4) is 0 Å². The Balaban J connectivity index is 1.84. The Morgan fingerprint density at radius 2 is 2.04 bits per heavy atom. The van der Waals surface area contributed by atoms with Crippen LogP contribution in [0.2, 0.25) is 0 Å². The number of hydrogen-bond acceptors (Lipinski definition) is 6. The molecular formula is C16H14N5O2-. The van der Waals surface area contributed by atoms with Crippen LogP contribution in [0.1, 0.15) is 12.5 Å². The van der Waals surface area contributed by atoms with Gasteiger partial charge < -0.3 is 9.84 Å². The second kappa shape index (κ2) is 6.69. The zero-order chi connectivity index (χ0) is 16.1. The molecule has 116 valence electrons. The normalized spacial score (nSPS) is 11.4. The van der Waals surface area contributed by atoms with Gasteiger partial charge in [0.25, 0.3) is 0 Å². The lowest BCUT2D eigenvalue weighted by Gasteiger charge is -2.12. The van der Waals surface area contributed by atoms with Crippen molar-refractivity contribution in [2.75, 3.05) is 6.61 Å². The van der Waals surface area contributed by atoms with Crippen molar-refractivity contribution in [1.82, 2.24) is 20.6 Å². The van der Waals surface area contributed by atoms with Crippen molar-refractivity contribution in [3.05, 3.63) is 54.1 Å². The van der Waals surface area contributed by atoms with Gasteiger partial charge in [0.1, 0.15) is 5.75 Å². The highest BCUT2D eigenvalue weighted by molar-refractivity contribution is 5.92. The van der Waals surface area contributed by atoms with Gasteiger partial charge >= 0.3 is 0 Å². The molecule has 0 bridgehead atoms. The van der Waals surface area contributed by atoms with E-state index in [0.29, 0.717) is 23.7 Å². The Morgan fingerprint density at radius 3 is 2.74 bits per heavy atom. The predicted octanol–water partition coefficient (Wildman–Crippen LogP) is 1.70. The SMILES string of the molecule is CCOc1ccc(C([O-])=Nc2cccc(-c3nn[nH]n3)c2)cc1. The minimum absolute atomic E-state index is 0.321. The molecule has 0 aliphatic rings. The van der Waals surface area contributed by atoms with Crippen LogP contribution in [0.5, 0.6) is 5.75 Å². The molecule has 2 aromatic carbocycles. The number of aromatic nitrogens is 4. The van der Waals surface area contributed by atoms with Gasteiger partial charge in [-0.25, -0.2) is 0 Å². The minimum atomic E-state index is -0.321. The molecule has 7 heteroatoms. The number of hydrogen-bond donors (Lipinski definition) is 1. The molecule has 23 heavy (non-hydrogen) atoms. The van der Waals surface area contributed by atoms with Crippen LogP contribution in [0, 0.1) is 0 Å². The van der Waals surface area contributed by atoms with Crippen LogP contribution in [0.15, 0.2) is 53.5 Å². The van der Waals surface area contributed by atoms with Gasteiger partial charge in [-0.1, -0.05) is 24.3 Å².